The van der Waals surface area contributed by atoms with Gasteiger partial charge >= 0.3 is 0 Å². The van der Waals surface area contributed by atoms with Crippen LogP contribution in [0.5, 0.6) is 0 Å². The maximum atomic E-state index is 6.03. The van der Waals surface area contributed by atoms with Gasteiger partial charge in [-0.3, -0.25) is 0 Å². The normalized spacial score (nSPS) is 48.7. The molecule has 0 amide bonds. The van der Waals surface area contributed by atoms with E-state index in [1.54, 1.807) is 0 Å². The van der Waals surface area contributed by atoms with Crippen LogP contribution in [0.4, 0.5) is 0 Å². The van der Waals surface area contributed by atoms with Crippen LogP contribution < -0.4 is 5.32 Å². The number of rotatable bonds is 3. The molecule has 3 nitrogen and oxygen atoms in total. The zero-order valence-electron chi connectivity index (χ0n) is 14.0. The fourth-order valence-electron chi connectivity index (χ4n) is 5.92. The van der Waals surface area contributed by atoms with Crippen molar-refractivity contribution >= 4 is 0 Å². The third kappa shape index (κ3) is 2.27. The summed E-state index contributed by atoms with van der Waals surface area (Å²) in [5, 5.41) is 3.96. The summed E-state index contributed by atoms with van der Waals surface area (Å²) in [6, 6.07) is 2.42. The fraction of sp³-hybridized carbons (Fsp3) is 1.00. The van der Waals surface area contributed by atoms with Crippen LogP contribution >= 0.6 is 0 Å². The Balaban J connectivity index is 1.33. The van der Waals surface area contributed by atoms with Gasteiger partial charge in [-0.15, -0.1) is 0 Å². The van der Waals surface area contributed by atoms with Crippen LogP contribution in [0.2, 0.25) is 0 Å². The van der Waals surface area contributed by atoms with Crippen molar-refractivity contribution in [3.8, 4) is 0 Å². The molecule has 0 radical (unpaired) electrons. The summed E-state index contributed by atoms with van der Waals surface area (Å²) in [7, 11) is 2.34. The standard InChI is InChI=1S/C18H32N2O/c1-18(2)16(15-5-4-8-21-17(15)18)19-11-12-9-13-6-7-14(10-12)20(13)3/h12-17,19H,4-11H2,1-3H3. The zero-order valence-corrected chi connectivity index (χ0v) is 14.0. The number of fused-ring (bicyclic) bond motifs is 3. The van der Waals surface area contributed by atoms with Crippen LogP contribution in [0.25, 0.3) is 0 Å². The lowest BCUT2D eigenvalue weighted by Crippen LogP contribution is -2.69. The van der Waals surface area contributed by atoms with Crippen molar-refractivity contribution in [2.24, 2.45) is 17.3 Å². The van der Waals surface area contributed by atoms with E-state index in [1.165, 1.54) is 45.1 Å². The minimum absolute atomic E-state index is 0.329. The monoisotopic (exact) mass is 292 g/mol. The molecule has 0 aromatic heterocycles. The molecule has 4 aliphatic rings. The Labute approximate surface area is 129 Å². The Hall–Kier alpha value is -0.120. The molecule has 3 aliphatic heterocycles. The average Bonchev–Trinajstić information content (AvgIpc) is 2.70. The Kier molecular flexibility index (Phi) is 3.59. The SMILES string of the molecule is CN1C2CCC1CC(CNC1C3CCCOC3C1(C)C)C2. The molecule has 120 valence electrons. The Morgan fingerprint density at radius 3 is 2.57 bits per heavy atom. The second-order valence-corrected chi connectivity index (χ2v) is 8.69. The number of piperidine rings is 1. The lowest BCUT2D eigenvalue weighted by molar-refractivity contribution is -0.193. The molecule has 3 heterocycles. The smallest absolute Gasteiger partial charge is 0.0684 e. The van der Waals surface area contributed by atoms with E-state index in [9.17, 15) is 0 Å². The van der Waals surface area contributed by atoms with Crippen molar-refractivity contribution < 1.29 is 4.74 Å². The zero-order chi connectivity index (χ0) is 14.6. The Morgan fingerprint density at radius 1 is 1.14 bits per heavy atom. The van der Waals surface area contributed by atoms with E-state index < -0.39 is 0 Å². The van der Waals surface area contributed by atoms with Gasteiger partial charge in [-0.1, -0.05) is 13.8 Å². The lowest BCUT2D eigenvalue weighted by Gasteiger charge is -2.60. The molecule has 0 aromatic carbocycles. The second-order valence-electron chi connectivity index (χ2n) is 8.69. The van der Waals surface area contributed by atoms with Gasteiger partial charge in [-0.25, -0.2) is 0 Å². The quantitative estimate of drug-likeness (QED) is 0.865. The van der Waals surface area contributed by atoms with Crippen LogP contribution in [0.15, 0.2) is 0 Å². The summed E-state index contributed by atoms with van der Waals surface area (Å²) in [6.45, 7) is 7.01. The first-order valence-electron chi connectivity index (χ1n) is 9.14. The van der Waals surface area contributed by atoms with Gasteiger partial charge in [0, 0.05) is 36.1 Å². The van der Waals surface area contributed by atoms with Gasteiger partial charge in [0.15, 0.2) is 0 Å². The first-order valence-corrected chi connectivity index (χ1v) is 9.14. The van der Waals surface area contributed by atoms with Crippen LogP contribution in [-0.2, 0) is 4.74 Å². The summed E-state index contributed by atoms with van der Waals surface area (Å²) in [5.74, 6) is 1.68. The molecule has 0 aromatic rings. The van der Waals surface area contributed by atoms with Crippen molar-refractivity contribution in [2.45, 2.75) is 76.6 Å². The first-order chi connectivity index (χ1) is 10.1. The van der Waals surface area contributed by atoms with E-state index in [1.807, 2.05) is 0 Å². The molecular formula is C18H32N2O. The second kappa shape index (κ2) is 5.21. The van der Waals surface area contributed by atoms with E-state index in [0.717, 1.165) is 30.5 Å². The predicted molar refractivity (Wildman–Crippen MR) is 85.3 cm³/mol. The third-order valence-corrected chi connectivity index (χ3v) is 7.15. The van der Waals surface area contributed by atoms with Crippen LogP contribution in [0.3, 0.4) is 0 Å². The van der Waals surface area contributed by atoms with Crippen molar-refractivity contribution in [1.82, 2.24) is 10.2 Å². The summed E-state index contributed by atoms with van der Waals surface area (Å²) < 4.78 is 6.03. The maximum Gasteiger partial charge on any atom is 0.0684 e. The van der Waals surface area contributed by atoms with Gasteiger partial charge in [0.25, 0.3) is 0 Å². The molecule has 1 saturated carbocycles. The summed E-state index contributed by atoms with van der Waals surface area (Å²) in [5.41, 5.74) is 0.329. The van der Waals surface area contributed by atoms with E-state index in [2.05, 4.69) is 31.1 Å². The first kappa shape index (κ1) is 14.5. The molecule has 1 N–H and O–H groups in total. The van der Waals surface area contributed by atoms with Crippen molar-refractivity contribution in [3.05, 3.63) is 0 Å². The number of hydrogen-bond acceptors (Lipinski definition) is 3. The Morgan fingerprint density at radius 2 is 1.86 bits per heavy atom. The molecule has 4 rings (SSSR count). The molecular weight excluding hydrogens is 260 g/mol. The number of hydrogen-bond donors (Lipinski definition) is 1. The minimum Gasteiger partial charge on any atom is -0.377 e. The molecule has 4 fully saturated rings. The van der Waals surface area contributed by atoms with Crippen molar-refractivity contribution in [1.29, 1.82) is 0 Å². The van der Waals surface area contributed by atoms with E-state index >= 15 is 0 Å². The molecule has 5 atom stereocenters. The molecule has 1 aliphatic carbocycles. The van der Waals surface area contributed by atoms with Gasteiger partial charge in [0.1, 0.15) is 0 Å². The Bertz CT molecular complexity index is 383. The van der Waals surface area contributed by atoms with Gasteiger partial charge in [0.05, 0.1) is 6.10 Å². The van der Waals surface area contributed by atoms with E-state index in [-0.39, 0.29) is 0 Å². The van der Waals surface area contributed by atoms with Crippen molar-refractivity contribution in [2.75, 3.05) is 20.2 Å². The molecule has 3 heteroatoms. The van der Waals surface area contributed by atoms with Gasteiger partial charge < -0.3 is 15.0 Å². The lowest BCUT2D eigenvalue weighted by atomic mass is 9.55. The van der Waals surface area contributed by atoms with Gasteiger partial charge in [0.2, 0.25) is 0 Å². The van der Waals surface area contributed by atoms with Crippen LogP contribution in [0.1, 0.15) is 52.4 Å². The van der Waals surface area contributed by atoms with E-state index in [0.29, 0.717) is 17.6 Å². The summed E-state index contributed by atoms with van der Waals surface area (Å²) in [4.78, 5) is 2.65. The maximum absolute atomic E-state index is 6.03. The topological polar surface area (TPSA) is 24.5 Å². The molecule has 21 heavy (non-hydrogen) atoms. The highest BCUT2D eigenvalue weighted by Crippen LogP contribution is 2.51. The largest absolute Gasteiger partial charge is 0.377 e. The highest BCUT2D eigenvalue weighted by Gasteiger charge is 2.57. The average molecular weight is 292 g/mol. The van der Waals surface area contributed by atoms with Crippen LogP contribution in [-0.4, -0.2) is 49.3 Å². The molecule has 2 bridgehead atoms. The summed E-state index contributed by atoms with van der Waals surface area (Å²) in [6.07, 6.45) is 8.83. The van der Waals surface area contributed by atoms with Crippen LogP contribution in [0, 0.1) is 17.3 Å². The minimum atomic E-state index is 0.329. The molecule has 3 saturated heterocycles. The highest BCUT2D eigenvalue weighted by atomic mass is 16.5. The summed E-state index contributed by atoms with van der Waals surface area (Å²) >= 11 is 0. The van der Waals surface area contributed by atoms with Crippen molar-refractivity contribution in [3.63, 3.8) is 0 Å². The van der Waals surface area contributed by atoms with Gasteiger partial charge in [-0.2, -0.15) is 0 Å². The predicted octanol–water partition coefficient (Wildman–Crippen LogP) is 2.65. The number of nitrogens with zero attached hydrogens (tertiary/aromatic N) is 1. The fourth-order valence-corrected chi connectivity index (χ4v) is 5.92. The number of nitrogens with one attached hydrogen (secondary N) is 1. The molecule has 0 spiro atoms. The van der Waals surface area contributed by atoms with E-state index in [4.69, 9.17) is 4.74 Å². The number of ether oxygens (including phenoxy) is 1. The molecule has 5 unspecified atom stereocenters. The third-order valence-electron chi connectivity index (χ3n) is 7.15. The highest BCUT2D eigenvalue weighted by molar-refractivity contribution is 5.10. The van der Waals surface area contributed by atoms with Gasteiger partial charge in [-0.05, 0) is 58.0 Å².